The van der Waals surface area contributed by atoms with Crippen molar-refractivity contribution in [3.8, 4) is 11.1 Å². The van der Waals surface area contributed by atoms with Crippen LogP contribution in [0.25, 0.3) is 22.2 Å². The maximum absolute atomic E-state index is 13.0. The lowest BCUT2D eigenvalue weighted by atomic mass is 9.98. The summed E-state index contributed by atoms with van der Waals surface area (Å²) < 4.78 is 43.7. The van der Waals surface area contributed by atoms with Crippen LogP contribution < -0.4 is 10.6 Å². The highest BCUT2D eigenvalue weighted by Crippen LogP contribution is 2.31. The number of ether oxygens (including phenoxy) is 1. The van der Waals surface area contributed by atoms with Crippen LogP contribution in [0.15, 0.2) is 30.5 Å². The molecular formula is C22H23F3N6O2. The van der Waals surface area contributed by atoms with Gasteiger partial charge in [-0.3, -0.25) is 0 Å². The maximum Gasteiger partial charge on any atom is 0.416 e. The summed E-state index contributed by atoms with van der Waals surface area (Å²) in [4.78, 5) is 26.9. The molecule has 33 heavy (non-hydrogen) atoms. The fourth-order valence-electron chi connectivity index (χ4n) is 3.67. The molecule has 1 saturated heterocycles. The zero-order chi connectivity index (χ0) is 23.8. The number of rotatable bonds is 3. The molecule has 0 radical (unpaired) electrons. The maximum atomic E-state index is 13.0. The van der Waals surface area contributed by atoms with Gasteiger partial charge in [0.2, 0.25) is 5.95 Å². The fraction of sp³-hybridized carbons (Fsp3) is 0.364. The summed E-state index contributed by atoms with van der Waals surface area (Å²) in [5, 5.41) is 6.34. The quantitative estimate of drug-likeness (QED) is 0.610. The number of nitrogens with one attached hydrogen (secondary N) is 2. The molecule has 11 heteroatoms. The van der Waals surface area contributed by atoms with Gasteiger partial charge in [-0.25, -0.2) is 14.8 Å². The van der Waals surface area contributed by atoms with Gasteiger partial charge in [0.25, 0.3) is 0 Å². The third-order valence-corrected chi connectivity index (χ3v) is 5.48. The second kappa shape index (κ2) is 8.81. The van der Waals surface area contributed by atoms with E-state index in [9.17, 15) is 18.0 Å². The molecule has 174 valence electrons. The molecule has 0 unspecified atom stereocenters. The largest absolute Gasteiger partial charge is 0.416 e. The van der Waals surface area contributed by atoms with Crippen molar-refractivity contribution in [1.82, 2.24) is 19.9 Å². The minimum atomic E-state index is -4.52. The molecule has 2 aromatic heterocycles. The predicted molar refractivity (Wildman–Crippen MR) is 118 cm³/mol. The van der Waals surface area contributed by atoms with Crippen molar-refractivity contribution in [3.63, 3.8) is 0 Å². The molecule has 1 atom stereocenters. The first kappa shape index (κ1) is 22.7. The second-order valence-electron chi connectivity index (χ2n) is 7.78. The molecule has 3 aromatic rings. The van der Waals surface area contributed by atoms with Crippen molar-refractivity contribution in [2.24, 2.45) is 0 Å². The number of halogens is 3. The summed E-state index contributed by atoms with van der Waals surface area (Å²) in [6, 6.07) is 6.66. The number of pyridine rings is 1. The number of nitrogens with zero attached hydrogens (tertiary/aromatic N) is 4. The predicted octanol–water partition coefficient (Wildman–Crippen LogP) is 4.15. The van der Waals surface area contributed by atoms with E-state index in [0.717, 1.165) is 32.7 Å². The molecule has 1 aromatic carbocycles. The van der Waals surface area contributed by atoms with Crippen LogP contribution in [0.2, 0.25) is 0 Å². The zero-order valence-electron chi connectivity index (χ0n) is 18.3. The number of benzene rings is 1. The monoisotopic (exact) mass is 460 g/mol. The second-order valence-corrected chi connectivity index (χ2v) is 7.78. The summed E-state index contributed by atoms with van der Waals surface area (Å²) in [6.07, 6.45) is -4.82. The van der Waals surface area contributed by atoms with Crippen LogP contribution >= 0.6 is 0 Å². The number of amides is 2. The van der Waals surface area contributed by atoms with Gasteiger partial charge in [0.1, 0.15) is 0 Å². The Bertz CT molecular complexity index is 1200. The van der Waals surface area contributed by atoms with Gasteiger partial charge in [-0.1, -0.05) is 6.07 Å². The number of morpholine rings is 1. The van der Waals surface area contributed by atoms with Crippen molar-refractivity contribution in [3.05, 3.63) is 41.7 Å². The molecule has 1 fully saturated rings. The molecule has 1 aliphatic rings. The number of alkyl halides is 3. The lowest BCUT2D eigenvalue weighted by Gasteiger charge is -2.33. The Balaban J connectivity index is 1.59. The van der Waals surface area contributed by atoms with Crippen LogP contribution in [0, 0.1) is 13.8 Å². The number of hydrogen-bond acceptors (Lipinski definition) is 6. The number of fused-ring (bicyclic) bond motifs is 1. The number of aromatic nitrogens is 3. The Morgan fingerprint density at radius 1 is 1.18 bits per heavy atom. The van der Waals surface area contributed by atoms with Gasteiger partial charge < -0.3 is 20.3 Å². The number of carbonyl (C=O) groups excluding carboxylic acids is 1. The number of aryl methyl sites for hydroxylation is 2. The first-order valence-corrected chi connectivity index (χ1v) is 10.3. The molecule has 0 aliphatic carbocycles. The van der Waals surface area contributed by atoms with Crippen LogP contribution in [0.3, 0.4) is 0 Å². The summed E-state index contributed by atoms with van der Waals surface area (Å²) in [7, 11) is 1.73. The van der Waals surface area contributed by atoms with Crippen molar-refractivity contribution in [2.45, 2.75) is 26.1 Å². The molecule has 0 bridgehead atoms. The van der Waals surface area contributed by atoms with E-state index < -0.39 is 24.9 Å². The SMILES string of the molecule is CNc1ncc2cc(-c3cc(NC(=O)N4CCO[C@@H](C(F)(F)F)C4)ccc3C)c(C)nc2n1. The minimum absolute atomic E-state index is 0.0828. The van der Waals surface area contributed by atoms with Crippen molar-refractivity contribution in [2.75, 3.05) is 37.4 Å². The molecule has 1 aliphatic heterocycles. The first-order chi connectivity index (χ1) is 15.7. The van der Waals surface area contributed by atoms with Crippen molar-refractivity contribution < 1.29 is 22.7 Å². The third kappa shape index (κ3) is 4.82. The molecule has 2 amide bonds. The number of urea groups is 1. The van der Waals surface area contributed by atoms with Crippen LogP contribution in [0.1, 0.15) is 11.3 Å². The summed E-state index contributed by atoms with van der Waals surface area (Å²) in [6.45, 7) is 3.17. The smallest absolute Gasteiger partial charge is 0.365 e. The molecule has 3 heterocycles. The van der Waals surface area contributed by atoms with Gasteiger partial charge in [0.05, 0.1) is 13.2 Å². The van der Waals surface area contributed by atoms with Crippen LogP contribution in [0.4, 0.5) is 29.6 Å². The van der Waals surface area contributed by atoms with E-state index in [0.29, 0.717) is 17.3 Å². The van der Waals surface area contributed by atoms with E-state index in [-0.39, 0.29) is 13.2 Å². The van der Waals surface area contributed by atoms with Crippen molar-refractivity contribution >= 4 is 28.7 Å². The number of hydrogen-bond donors (Lipinski definition) is 2. The molecule has 8 nitrogen and oxygen atoms in total. The van der Waals surface area contributed by atoms with Gasteiger partial charge in [-0.15, -0.1) is 0 Å². The van der Waals surface area contributed by atoms with Crippen LogP contribution in [0.5, 0.6) is 0 Å². The van der Waals surface area contributed by atoms with E-state index in [1.54, 1.807) is 25.4 Å². The Labute approximate surface area is 188 Å². The van der Waals surface area contributed by atoms with E-state index in [1.807, 2.05) is 26.0 Å². The Morgan fingerprint density at radius 2 is 1.97 bits per heavy atom. The average Bonchev–Trinajstić information content (AvgIpc) is 2.79. The number of anilines is 2. The molecule has 2 N–H and O–H groups in total. The van der Waals surface area contributed by atoms with Crippen LogP contribution in [-0.2, 0) is 4.74 Å². The Hall–Kier alpha value is -3.47. The highest BCUT2D eigenvalue weighted by atomic mass is 19.4. The first-order valence-electron chi connectivity index (χ1n) is 10.3. The fourth-order valence-corrected chi connectivity index (χ4v) is 3.67. The molecule has 4 rings (SSSR count). The topological polar surface area (TPSA) is 92.3 Å². The summed E-state index contributed by atoms with van der Waals surface area (Å²) in [5.74, 6) is 0.471. The average molecular weight is 460 g/mol. The highest BCUT2D eigenvalue weighted by Gasteiger charge is 2.44. The molecular weight excluding hydrogens is 437 g/mol. The summed E-state index contributed by atoms with van der Waals surface area (Å²) >= 11 is 0. The van der Waals surface area contributed by atoms with E-state index >= 15 is 0 Å². The minimum Gasteiger partial charge on any atom is -0.365 e. The molecule has 0 saturated carbocycles. The lowest BCUT2D eigenvalue weighted by Crippen LogP contribution is -2.52. The van der Waals surface area contributed by atoms with E-state index in [2.05, 4.69) is 25.6 Å². The van der Waals surface area contributed by atoms with Gasteiger partial charge in [-0.05, 0) is 43.2 Å². The lowest BCUT2D eigenvalue weighted by molar-refractivity contribution is -0.233. The van der Waals surface area contributed by atoms with E-state index in [1.165, 1.54) is 0 Å². The third-order valence-electron chi connectivity index (χ3n) is 5.48. The zero-order valence-corrected chi connectivity index (χ0v) is 18.3. The molecule has 0 spiro atoms. The van der Waals surface area contributed by atoms with Crippen LogP contribution in [-0.4, -0.2) is 64.9 Å². The Kier molecular flexibility index (Phi) is 6.07. The standard InChI is InChI=1S/C22H23F3N6O2/c1-12-4-5-15(29-21(32)31-6-7-33-18(11-31)22(23,24)25)9-16(12)17-8-14-10-27-20(26-3)30-19(14)28-13(17)2/h4-5,8-10,18H,6-7,11H2,1-3H3,(H,29,32)(H,26,27,28,30)/t18-/m1/s1. The van der Waals surface area contributed by atoms with E-state index in [4.69, 9.17) is 4.74 Å². The number of carbonyl (C=O) groups is 1. The Morgan fingerprint density at radius 3 is 2.70 bits per heavy atom. The van der Waals surface area contributed by atoms with Gasteiger partial charge in [-0.2, -0.15) is 18.2 Å². The highest BCUT2D eigenvalue weighted by molar-refractivity contribution is 5.91. The van der Waals surface area contributed by atoms with Gasteiger partial charge in [0.15, 0.2) is 11.8 Å². The summed E-state index contributed by atoms with van der Waals surface area (Å²) in [5.41, 5.74) is 4.42. The normalized spacial score (nSPS) is 16.7. The van der Waals surface area contributed by atoms with Crippen molar-refractivity contribution in [1.29, 1.82) is 0 Å². The van der Waals surface area contributed by atoms with Gasteiger partial charge >= 0.3 is 12.2 Å². The van der Waals surface area contributed by atoms with Gasteiger partial charge in [0, 0.05) is 42.1 Å².